The van der Waals surface area contributed by atoms with Crippen LogP contribution in [0.2, 0.25) is 0 Å². The molecule has 184 valence electrons. The van der Waals surface area contributed by atoms with Crippen molar-refractivity contribution in [2.75, 3.05) is 6.61 Å². The Morgan fingerprint density at radius 1 is 1.14 bits per heavy atom. The van der Waals surface area contributed by atoms with Gasteiger partial charge in [0.1, 0.15) is 5.84 Å². The minimum absolute atomic E-state index is 0.0293. The molecule has 3 N–H and O–H groups in total. The number of aliphatic hydroxyl groups is 1. The highest BCUT2D eigenvalue weighted by atomic mass is 16.7. The molecule has 2 heterocycles. The molecule has 1 aromatic heterocycles. The lowest BCUT2D eigenvalue weighted by atomic mass is 10.0. The highest BCUT2D eigenvalue weighted by molar-refractivity contribution is 6.05. The van der Waals surface area contributed by atoms with E-state index in [0.717, 1.165) is 16.7 Å². The molecule has 3 aromatic rings. The third-order valence-corrected chi connectivity index (χ3v) is 5.57. The second-order valence-corrected chi connectivity index (χ2v) is 8.15. The Hall–Kier alpha value is -4.41. The number of hydrogen-bond donors (Lipinski definition) is 2. The first kappa shape index (κ1) is 24.7. The number of nitrogens with zero attached hydrogens (tertiary/aromatic N) is 4. The van der Waals surface area contributed by atoms with Crippen molar-refractivity contribution in [3.63, 3.8) is 0 Å². The number of aliphatic hydroxyl groups excluding tert-OH is 1. The van der Waals surface area contributed by atoms with Crippen molar-refractivity contribution < 1.29 is 19.7 Å². The number of nitro benzene ring substituents is 1. The topological polar surface area (TPSA) is 144 Å². The van der Waals surface area contributed by atoms with Gasteiger partial charge in [0.15, 0.2) is 0 Å². The number of hydrogen-bond acceptors (Lipinski definition) is 8. The summed E-state index contributed by atoms with van der Waals surface area (Å²) in [6.45, 7) is 2.03. The molecule has 2 aromatic carbocycles. The number of rotatable bonds is 8. The number of nitro groups is 1. The van der Waals surface area contributed by atoms with E-state index in [4.69, 9.17) is 10.6 Å². The highest BCUT2D eigenvalue weighted by Gasteiger charge is 2.23. The van der Waals surface area contributed by atoms with Gasteiger partial charge in [-0.3, -0.25) is 24.7 Å². The maximum Gasteiger partial charge on any atom is 0.274 e. The second-order valence-electron chi connectivity index (χ2n) is 8.15. The van der Waals surface area contributed by atoms with E-state index in [-0.39, 0.29) is 43.6 Å². The lowest BCUT2D eigenvalue weighted by Gasteiger charge is -2.22. The van der Waals surface area contributed by atoms with Gasteiger partial charge in [-0.1, -0.05) is 24.3 Å². The van der Waals surface area contributed by atoms with E-state index in [1.807, 2.05) is 24.3 Å². The molecule has 0 atom stereocenters. The Labute approximate surface area is 207 Å². The lowest BCUT2D eigenvalue weighted by Crippen LogP contribution is -2.33. The first-order valence-electron chi connectivity index (χ1n) is 11.3. The van der Waals surface area contributed by atoms with Crippen molar-refractivity contribution in [1.29, 1.82) is 0 Å². The van der Waals surface area contributed by atoms with Crippen LogP contribution in [0.4, 0.5) is 11.4 Å². The van der Waals surface area contributed by atoms with Gasteiger partial charge in [0.25, 0.3) is 11.6 Å². The summed E-state index contributed by atoms with van der Waals surface area (Å²) in [6, 6.07) is 13.4. The van der Waals surface area contributed by atoms with Gasteiger partial charge < -0.3 is 10.8 Å². The molecule has 0 saturated carbocycles. The van der Waals surface area contributed by atoms with Crippen molar-refractivity contribution in [3.8, 4) is 11.1 Å². The summed E-state index contributed by atoms with van der Waals surface area (Å²) in [7, 11) is 0. The number of nitrogens with two attached hydrogens (primary N) is 1. The van der Waals surface area contributed by atoms with Crippen LogP contribution in [0.15, 0.2) is 71.5 Å². The van der Waals surface area contributed by atoms with Crippen LogP contribution < -0.4 is 5.73 Å². The van der Waals surface area contributed by atoms with Crippen LogP contribution in [0.25, 0.3) is 17.2 Å². The average molecular weight is 488 g/mol. The molecular formula is C26H25N5O5. The van der Waals surface area contributed by atoms with Crippen LogP contribution in [-0.4, -0.2) is 38.4 Å². The first-order valence-corrected chi connectivity index (χ1v) is 11.3. The van der Waals surface area contributed by atoms with Crippen LogP contribution in [-0.2, 0) is 22.8 Å². The molecule has 0 radical (unpaired) electrons. The van der Waals surface area contributed by atoms with Gasteiger partial charge in [0, 0.05) is 47.6 Å². The Morgan fingerprint density at radius 2 is 1.92 bits per heavy atom. The fraction of sp³-hybridized carbons (Fsp3) is 0.192. The average Bonchev–Trinajstić information content (AvgIpc) is 3.05. The number of non-ortho nitro benzene ring substituents is 1. The van der Waals surface area contributed by atoms with Gasteiger partial charge >= 0.3 is 0 Å². The zero-order valence-corrected chi connectivity index (χ0v) is 19.6. The second kappa shape index (κ2) is 10.9. The molecule has 1 amide bonds. The lowest BCUT2D eigenvalue weighted by molar-refractivity contribution is -0.384. The van der Waals surface area contributed by atoms with Gasteiger partial charge in [0.05, 0.1) is 30.4 Å². The van der Waals surface area contributed by atoms with Gasteiger partial charge in [-0.2, -0.15) is 0 Å². The molecule has 0 spiro atoms. The summed E-state index contributed by atoms with van der Waals surface area (Å²) in [4.78, 5) is 38.1. The molecule has 10 heteroatoms. The molecule has 4 rings (SSSR count). The molecular weight excluding hydrogens is 462 g/mol. The van der Waals surface area contributed by atoms with E-state index in [2.05, 4.69) is 9.98 Å². The van der Waals surface area contributed by atoms with Crippen LogP contribution in [0.3, 0.4) is 0 Å². The number of fused-ring (bicyclic) bond motifs is 1. The maximum absolute atomic E-state index is 13.4. The fourth-order valence-corrected chi connectivity index (χ4v) is 3.82. The summed E-state index contributed by atoms with van der Waals surface area (Å²) >= 11 is 0. The zero-order chi connectivity index (χ0) is 25.7. The van der Waals surface area contributed by atoms with Crippen molar-refractivity contribution in [3.05, 3.63) is 93.3 Å². The Kier molecular flexibility index (Phi) is 7.47. The van der Waals surface area contributed by atoms with Crippen LogP contribution >= 0.6 is 0 Å². The van der Waals surface area contributed by atoms with Crippen LogP contribution in [0.1, 0.15) is 30.0 Å². The molecule has 0 fully saturated rings. The zero-order valence-electron chi connectivity index (χ0n) is 19.6. The minimum Gasteiger partial charge on any atom is -0.392 e. The molecule has 10 nitrogen and oxygen atoms in total. The van der Waals surface area contributed by atoms with Crippen LogP contribution in [0.5, 0.6) is 0 Å². The molecule has 0 saturated heterocycles. The smallest absolute Gasteiger partial charge is 0.274 e. The third kappa shape index (κ3) is 5.62. The third-order valence-electron chi connectivity index (χ3n) is 5.57. The van der Waals surface area contributed by atoms with E-state index >= 15 is 0 Å². The number of pyridine rings is 1. The highest BCUT2D eigenvalue weighted by Crippen LogP contribution is 2.32. The summed E-state index contributed by atoms with van der Waals surface area (Å²) < 4.78 is 0. The molecule has 1 aliphatic heterocycles. The van der Waals surface area contributed by atoms with E-state index in [1.165, 1.54) is 17.2 Å². The number of hydroxylamine groups is 2. The van der Waals surface area contributed by atoms with E-state index in [9.17, 15) is 20.0 Å². The fourth-order valence-electron chi connectivity index (χ4n) is 3.82. The van der Waals surface area contributed by atoms with Crippen molar-refractivity contribution in [1.82, 2.24) is 10.0 Å². The summed E-state index contributed by atoms with van der Waals surface area (Å²) in [6.07, 6.45) is 5.18. The monoisotopic (exact) mass is 487 g/mol. The maximum atomic E-state index is 13.4. The predicted molar refractivity (Wildman–Crippen MR) is 135 cm³/mol. The number of aromatic nitrogens is 1. The number of benzene rings is 2. The van der Waals surface area contributed by atoms with Crippen molar-refractivity contribution in [2.45, 2.75) is 26.5 Å². The van der Waals surface area contributed by atoms with Gasteiger partial charge in [-0.05, 0) is 41.8 Å². The number of carbonyl (C=O) groups excluding carboxylic acids is 1. The summed E-state index contributed by atoms with van der Waals surface area (Å²) in [5.74, 6) is -0.0929. The molecule has 0 aliphatic carbocycles. The number of carbonyl (C=O) groups is 1. The first-order chi connectivity index (χ1) is 17.4. The van der Waals surface area contributed by atoms with E-state index < -0.39 is 4.92 Å². The quantitative estimate of drug-likeness (QED) is 0.362. The standard InChI is InChI=1S/C26H25N5O5/c1-2-36-30(15-17-3-7-23(8-4-17)31(34)35)26(33)21-10-20-6-5-19(11-24(20)29-25(27)12-21)22-9-18(16-32)13-28-14-22/h3-11,13-14,32H,2,12,15-16H2,1H3,(H2,27,29). The summed E-state index contributed by atoms with van der Waals surface area (Å²) in [5.41, 5.74) is 10.9. The van der Waals surface area contributed by atoms with E-state index in [1.54, 1.807) is 37.5 Å². The van der Waals surface area contributed by atoms with Gasteiger partial charge in [-0.15, -0.1) is 0 Å². The van der Waals surface area contributed by atoms with Crippen molar-refractivity contribution in [2.24, 2.45) is 10.7 Å². The summed E-state index contributed by atoms with van der Waals surface area (Å²) in [5, 5.41) is 21.6. The van der Waals surface area contributed by atoms with E-state index in [0.29, 0.717) is 22.4 Å². The molecule has 1 aliphatic rings. The molecule has 36 heavy (non-hydrogen) atoms. The SMILES string of the molecule is CCON(Cc1ccc([N+](=O)[O-])cc1)C(=O)C1=Cc2ccc(-c3cncc(CO)c3)cc2N=C(N)C1. The van der Waals surface area contributed by atoms with Crippen LogP contribution in [0, 0.1) is 10.1 Å². The number of amides is 1. The molecule has 0 bridgehead atoms. The van der Waals surface area contributed by atoms with Crippen molar-refractivity contribution >= 4 is 29.2 Å². The Balaban J connectivity index is 1.62. The number of aliphatic imine (C=N–C) groups is 1. The Bertz CT molecular complexity index is 1350. The number of amidine groups is 1. The largest absolute Gasteiger partial charge is 0.392 e. The Morgan fingerprint density at radius 3 is 2.61 bits per heavy atom. The van der Waals surface area contributed by atoms with Gasteiger partial charge in [-0.25, -0.2) is 10.1 Å². The molecule has 0 unspecified atom stereocenters. The normalized spacial score (nSPS) is 12.7. The minimum atomic E-state index is -0.476. The van der Waals surface area contributed by atoms with Gasteiger partial charge in [0.2, 0.25) is 0 Å². The predicted octanol–water partition coefficient (Wildman–Crippen LogP) is 3.91.